The van der Waals surface area contributed by atoms with Gasteiger partial charge in [-0.1, -0.05) is 12.2 Å². The van der Waals surface area contributed by atoms with E-state index >= 15 is 0 Å². The highest BCUT2D eigenvalue weighted by atomic mass is 16.5. The lowest BCUT2D eigenvalue weighted by Gasteiger charge is -2.14. The average molecular weight is 343 g/mol. The van der Waals surface area contributed by atoms with Gasteiger partial charge in [0.1, 0.15) is 12.3 Å². The van der Waals surface area contributed by atoms with Crippen LogP contribution in [-0.2, 0) is 19.1 Å². The third-order valence-electron chi connectivity index (χ3n) is 4.39. The number of ether oxygens (including phenoxy) is 2. The number of hydrogen-bond acceptors (Lipinski definition) is 6. The van der Waals surface area contributed by atoms with E-state index in [-0.39, 0.29) is 29.4 Å². The molecule has 1 aromatic carbocycles. The Bertz CT molecular complexity index is 725. The van der Waals surface area contributed by atoms with Gasteiger partial charge in [-0.25, -0.2) is 9.59 Å². The number of carbonyl (C=O) groups excluding carboxylic acids is 4. The van der Waals surface area contributed by atoms with E-state index < -0.39 is 18.5 Å². The van der Waals surface area contributed by atoms with Gasteiger partial charge in [0, 0.05) is 0 Å². The van der Waals surface area contributed by atoms with Crippen LogP contribution in [0.5, 0.6) is 5.75 Å². The molecule has 0 saturated carbocycles. The fourth-order valence-electron chi connectivity index (χ4n) is 3.09. The van der Waals surface area contributed by atoms with Crippen molar-refractivity contribution >= 4 is 23.8 Å². The van der Waals surface area contributed by atoms with Crippen LogP contribution in [0.25, 0.3) is 0 Å². The van der Waals surface area contributed by atoms with E-state index in [2.05, 4.69) is 4.74 Å². The molecule has 0 aromatic heterocycles. The second-order valence-corrected chi connectivity index (χ2v) is 5.91. The van der Waals surface area contributed by atoms with E-state index in [1.165, 1.54) is 31.4 Å². The monoisotopic (exact) mass is 343 g/mol. The second kappa shape index (κ2) is 6.88. The number of nitrogens with zero attached hydrogens (tertiary/aromatic N) is 1. The summed E-state index contributed by atoms with van der Waals surface area (Å²) < 4.78 is 9.72. The molecule has 2 atom stereocenters. The molecule has 7 nitrogen and oxygen atoms in total. The summed E-state index contributed by atoms with van der Waals surface area (Å²) in [6.45, 7) is -0.413. The summed E-state index contributed by atoms with van der Waals surface area (Å²) >= 11 is 0. The van der Waals surface area contributed by atoms with Crippen molar-refractivity contribution in [3.63, 3.8) is 0 Å². The molecule has 130 valence electrons. The zero-order valence-corrected chi connectivity index (χ0v) is 13.6. The summed E-state index contributed by atoms with van der Waals surface area (Å²) in [6, 6.07) is 5.81. The van der Waals surface area contributed by atoms with Crippen LogP contribution in [0, 0.1) is 11.8 Å². The van der Waals surface area contributed by atoms with Crippen molar-refractivity contribution in [3.05, 3.63) is 42.0 Å². The van der Waals surface area contributed by atoms with Gasteiger partial charge in [-0.15, -0.1) is 0 Å². The average Bonchev–Trinajstić information content (AvgIpc) is 2.87. The second-order valence-electron chi connectivity index (χ2n) is 5.91. The van der Waals surface area contributed by atoms with Gasteiger partial charge < -0.3 is 9.47 Å². The van der Waals surface area contributed by atoms with E-state index in [1.54, 1.807) is 0 Å². The molecule has 0 spiro atoms. The van der Waals surface area contributed by atoms with Crippen molar-refractivity contribution in [2.24, 2.45) is 11.8 Å². The van der Waals surface area contributed by atoms with Crippen molar-refractivity contribution < 1.29 is 28.7 Å². The van der Waals surface area contributed by atoms with Gasteiger partial charge in [-0.3, -0.25) is 14.5 Å². The Hall–Kier alpha value is -2.96. The Kier molecular flexibility index (Phi) is 4.65. The number of methoxy groups -OCH3 is 1. The summed E-state index contributed by atoms with van der Waals surface area (Å²) in [4.78, 5) is 49.0. The fourth-order valence-corrected chi connectivity index (χ4v) is 3.09. The number of benzene rings is 1. The standard InChI is InChI=1S/C18H17NO6/c1-24-18(23)11-6-8-12(9-7-11)25-15(20)10-19-16(21)13-4-2-3-5-14(13)17(19)22/h2-3,6-9,13-14H,4-5,10H2,1H3/t13-,14-/m0/s1. The SMILES string of the molecule is COC(=O)c1ccc(OC(=O)CN2C(=O)[C@H]3CC=CC[C@@H]3C2=O)cc1. The maximum Gasteiger partial charge on any atom is 0.337 e. The number of imide groups is 1. The highest BCUT2D eigenvalue weighted by Crippen LogP contribution is 2.34. The normalized spacial score (nSPS) is 21.9. The molecule has 1 heterocycles. The number of likely N-dealkylation sites (tertiary alicyclic amines) is 1. The van der Waals surface area contributed by atoms with Crippen molar-refractivity contribution in [1.82, 2.24) is 4.90 Å². The minimum absolute atomic E-state index is 0.218. The number of carbonyl (C=O) groups is 4. The Balaban J connectivity index is 1.62. The maximum atomic E-state index is 12.3. The molecule has 1 aliphatic heterocycles. The Morgan fingerprint density at radius 3 is 2.12 bits per heavy atom. The van der Waals surface area contributed by atoms with E-state index in [1.807, 2.05) is 12.2 Å². The maximum absolute atomic E-state index is 12.3. The van der Waals surface area contributed by atoms with Gasteiger partial charge in [0.15, 0.2) is 0 Å². The van der Waals surface area contributed by atoms with Crippen LogP contribution in [0.15, 0.2) is 36.4 Å². The molecule has 0 bridgehead atoms. The minimum Gasteiger partial charge on any atom is -0.465 e. The highest BCUT2D eigenvalue weighted by molar-refractivity contribution is 6.07. The van der Waals surface area contributed by atoms with Gasteiger partial charge in [0.05, 0.1) is 24.5 Å². The molecule has 0 N–H and O–H groups in total. The lowest BCUT2D eigenvalue weighted by Crippen LogP contribution is -2.37. The molecule has 1 aliphatic carbocycles. The molecule has 7 heteroatoms. The first-order chi connectivity index (χ1) is 12.0. The Morgan fingerprint density at radius 1 is 1.04 bits per heavy atom. The van der Waals surface area contributed by atoms with E-state index in [0.717, 1.165) is 4.90 Å². The predicted octanol–water partition coefficient (Wildman–Crippen LogP) is 1.33. The fraction of sp³-hybridized carbons (Fsp3) is 0.333. The number of amides is 2. The van der Waals surface area contributed by atoms with Crippen LogP contribution in [-0.4, -0.2) is 42.3 Å². The molecule has 3 rings (SSSR count). The lowest BCUT2D eigenvalue weighted by atomic mass is 9.85. The number of fused-ring (bicyclic) bond motifs is 1. The van der Waals surface area contributed by atoms with Crippen LogP contribution in [0.4, 0.5) is 0 Å². The van der Waals surface area contributed by atoms with Gasteiger partial charge in [0.25, 0.3) is 0 Å². The first-order valence-corrected chi connectivity index (χ1v) is 7.90. The zero-order valence-electron chi connectivity index (χ0n) is 13.6. The van der Waals surface area contributed by atoms with Crippen molar-refractivity contribution in [1.29, 1.82) is 0 Å². The van der Waals surface area contributed by atoms with Crippen molar-refractivity contribution in [2.45, 2.75) is 12.8 Å². The van der Waals surface area contributed by atoms with Crippen LogP contribution in [0.3, 0.4) is 0 Å². The number of esters is 2. The predicted molar refractivity (Wildman–Crippen MR) is 85.5 cm³/mol. The van der Waals surface area contributed by atoms with E-state index in [0.29, 0.717) is 18.4 Å². The third kappa shape index (κ3) is 3.31. The highest BCUT2D eigenvalue weighted by Gasteiger charge is 2.47. The van der Waals surface area contributed by atoms with Gasteiger partial charge in [0.2, 0.25) is 11.8 Å². The molecule has 2 aliphatic rings. The molecule has 0 radical (unpaired) electrons. The quantitative estimate of drug-likeness (QED) is 0.355. The first kappa shape index (κ1) is 16.9. The van der Waals surface area contributed by atoms with Crippen LogP contribution in [0.2, 0.25) is 0 Å². The molecule has 1 aromatic rings. The molecule has 25 heavy (non-hydrogen) atoms. The van der Waals surface area contributed by atoms with Gasteiger partial charge >= 0.3 is 11.9 Å². The smallest absolute Gasteiger partial charge is 0.337 e. The summed E-state index contributed by atoms with van der Waals surface area (Å²) in [5.74, 6) is -2.37. The molecule has 2 amide bonds. The lowest BCUT2D eigenvalue weighted by molar-refractivity contribution is -0.148. The van der Waals surface area contributed by atoms with E-state index in [4.69, 9.17) is 4.74 Å². The minimum atomic E-state index is -0.709. The van der Waals surface area contributed by atoms with E-state index in [9.17, 15) is 19.2 Å². The van der Waals surface area contributed by atoms with Crippen molar-refractivity contribution in [2.75, 3.05) is 13.7 Å². The zero-order chi connectivity index (χ0) is 18.0. The summed E-state index contributed by atoms with van der Waals surface area (Å²) in [5, 5.41) is 0. The molecular weight excluding hydrogens is 326 g/mol. The van der Waals surface area contributed by atoms with Gasteiger partial charge in [-0.2, -0.15) is 0 Å². The van der Waals surface area contributed by atoms with Crippen LogP contribution >= 0.6 is 0 Å². The molecule has 1 saturated heterocycles. The topological polar surface area (TPSA) is 90.0 Å². The van der Waals surface area contributed by atoms with Crippen molar-refractivity contribution in [3.8, 4) is 5.75 Å². The summed E-state index contributed by atoms with van der Waals surface area (Å²) in [7, 11) is 1.27. The largest absolute Gasteiger partial charge is 0.465 e. The van der Waals surface area contributed by atoms with Crippen LogP contribution < -0.4 is 4.74 Å². The van der Waals surface area contributed by atoms with Crippen LogP contribution in [0.1, 0.15) is 23.2 Å². The third-order valence-corrected chi connectivity index (χ3v) is 4.39. The number of allylic oxidation sites excluding steroid dienone is 2. The molecule has 0 unspecified atom stereocenters. The summed E-state index contributed by atoms with van der Waals surface area (Å²) in [6.07, 6.45) is 4.82. The molecule has 1 fully saturated rings. The van der Waals surface area contributed by atoms with Gasteiger partial charge in [-0.05, 0) is 37.1 Å². The summed E-state index contributed by atoms with van der Waals surface area (Å²) in [5.41, 5.74) is 0.323. The first-order valence-electron chi connectivity index (χ1n) is 7.90. The number of hydrogen-bond donors (Lipinski definition) is 0. The molecular formula is C18H17NO6. The Morgan fingerprint density at radius 2 is 1.60 bits per heavy atom. The number of rotatable bonds is 4. The Labute approximate surface area is 144 Å².